The van der Waals surface area contributed by atoms with Crippen LogP contribution in [0.5, 0.6) is 23.0 Å². The molecule has 0 aliphatic carbocycles. The molecule has 3 aromatic carbocycles. The second kappa shape index (κ2) is 20.6. The van der Waals surface area contributed by atoms with Gasteiger partial charge in [0.15, 0.2) is 11.7 Å². The van der Waals surface area contributed by atoms with Gasteiger partial charge in [-0.1, -0.05) is 12.1 Å². The fourth-order valence-corrected chi connectivity index (χ4v) is 9.70. The van der Waals surface area contributed by atoms with Gasteiger partial charge in [-0.2, -0.15) is 0 Å². The van der Waals surface area contributed by atoms with Gasteiger partial charge < -0.3 is 45.1 Å². The number of piperazine rings is 1. The summed E-state index contributed by atoms with van der Waals surface area (Å²) in [5.74, 6) is 2.09. The fraction of sp³-hybridized carbons (Fsp3) is 0.459. The van der Waals surface area contributed by atoms with Gasteiger partial charge in [-0.25, -0.2) is 0 Å². The Labute approximate surface area is 366 Å². The smallest absolute Gasteiger partial charge is 0.307 e. The summed E-state index contributed by atoms with van der Waals surface area (Å²) < 4.78 is 28.3. The van der Waals surface area contributed by atoms with Gasteiger partial charge in [0, 0.05) is 45.7 Å². The third kappa shape index (κ3) is 14.5. The number of hydrogen-bond acceptors (Lipinski definition) is 9. The Kier molecular flexibility index (Phi) is 17.2. The molecule has 0 bridgehead atoms. The molecule has 0 amide bonds. The van der Waals surface area contributed by atoms with Gasteiger partial charge in [0.2, 0.25) is 0 Å². The lowest BCUT2D eigenvalue weighted by Crippen LogP contribution is -2.58. The van der Waals surface area contributed by atoms with Crippen LogP contribution in [0.4, 0.5) is 0 Å². The largest absolute Gasteiger partial charge is 0.493 e. The normalized spacial score (nSPS) is 15.1. The van der Waals surface area contributed by atoms with E-state index in [1.54, 1.807) is 0 Å². The molecule has 290 valence electrons. The first kappa shape index (κ1) is 44.3. The van der Waals surface area contributed by atoms with Crippen LogP contribution in [-0.2, 0) is 22.5 Å². The van der Waals surface area contributed by atoms with E-state index >= 15 is 0 Å². The Hall–Kier alpha value is -1.44. The van der Waals surface area contributed by atoms with Gasteiger partial charge in [-0.05, 0) is 165 Å². The highest BCUT2D eigenvalue weighted by atomic mass is 127. The summed E-state index contributed by atoms with van der Waals surface area (Å²) in [5, 5.41) is 30.5. The molecule has 1 unspecified atom stereocenters. The van der Waals surface area contributed by atoms with Crippen LogP contribution in [0.2, 0.25) is 0 Å². The zero-order chi connectivity index (χ0) is 38.8. The quantitative estimate of drug-likeness (QED) is 0.0369. The SMILES string of the molecule is CC(C)(CCOc1ccc(CNC(=N)N)cc1)OCC(C)(O)N1CCN(CCCOc2c(I)cc(Oc3c(I)cc(CC(=O)O)cc3I)cc2I)CC1. The number of nitrogens with one attached hydrogen (secondary N) is 2. The highest BCUT2D eigenvalue weighted by molar-refractivity contribution is 14.1. The number of hydrogen-bond donors (Lipinski definition) is 5. The third-order valence-electron chi connectivity index (χ3n) is 8.64. The summed E-state index contributed by atoms with van der Waals surface area (Å²) >= 11 is 8.92. The van der Waals surface area contributed by atoms with Crippen LogP contribution in [0.3, 0.4) is 0 Å². The standard InChI is InChI=1S/C37H47I4N5O7/c1-36(2,9-16-50-26-7-5-24(6-8-26)22-44-35(42)43)52-23-37(3,49)46-13-11-45(12-14-46)10-4-15-51-33-30(40)20-27(21-31(33)41)53-34-28(38)17-25(18-29(34)39)19-32(47)48/h5-8,17-18,20-21,49H,4,9-16,19,22-23H2,1-3H3,(H,47,48)(H4,42,43,44). The number of rotatable bonds is 19. The minimum atomic E-state index is -1.08. The van der Waals surface area contributed by atoms with E-state index in [9.17, 15) is 9.90 Å². The Morgan fingerprint density at radius 3 is 2.06 bits per heavy atom. The number of carboxylic acid groups (broad SMARTS) is 1. The topological polar surface area (TPSA) is 163 Å². The molecule has 1 aliphatic rings. The van der Waals surface area contributed by atoms with Gasteiger partial charge in [-0.15, -0.1) is 0 Å². The van der Waals surface area contributed by atoms with Crippen LogP contribution in [-0.4, -0.2) is 95.8 Å². The van der Waals surface area contributed by atoms with Crippen molar-refractivity contribution in [2.24, 2.45) is 5.73 Å². The fourth-order valence-electron chi connectivity index (χ4n) is 5.56. The van der Waals surface area contributed by atoms with Crippen molar-refractivity contribution in [1.82, 2.24) is 15.1 Å². The van der Waals surface area contributed by atoms with Crippen LogP contribution >= 0.6 is 90.4 Å². The number of aliphatic carboxylic acids is 1. The molecule has 1 aliphatic heterocycles. The van der Waals surface area contributed by atoms with Crippen LogP contribution in [0.15, 0.2) is 48.5 Å². The summed E-state index contributed by atoms with van der Waals surface area (Å²) in [6.45, 7) is 11.7. The molecule has 0 saturated carbocycles. The van der Waals surface area contributed by atoms with Crippen LogP contribution < -0.4 is 25.3 Å². The molecule has 1 saturated heterocycles. The molecule has 3 aromatic rings. The van der Waals surface area contributed by atoms with Crippen molar-refractivity contribution in [3.05, 3.63) is 73.9 Å². The van der Waals surface area contributed by atoms with E-state index in [0.29, 0.717) is 37.7 Å². The monoisotopic (exact) mass is 1180 g/mol. The lowest BCUT2D eigenvalue weighted by Gasteiger charge is -2.43. The lowest BCUT2D eigenvalue weighted by atomic mass is 10.1. The zero-order valence-corrected chi connectivity index (χ0v) is 38.7. The number of carbonyl (C=O) groups is 1. The number of halogens is 4. The van der Waals surface area contributed by atoms with Crippen LogP contribution in [0, 0.1) is 19.7 Å². The minimum absolute atomic E-state index is 0.0264. The first-order valence-corrected chi connectivity index (χ1v) is 21.5. The summed E-state index contributed by atoms with van der Waals surface area (Å²) in [6, 6.07) is 15.3. The van der Waals surface area contributed by atoms with E-state index in [0.717, 1.165) is 76.1 Å². The van der Waals surface area contributed by atoms with Crippen molar-refractivity contribution in [2.75, 3.05) is 52.5 Å². The minimum Gasteiger partial charge on any atom is -0.493 e. The van der Waals surface area contributed by atoms with Crippen LogP contribution in [0.25, 0.3) is 0 Å². The highest BCUT2D eigenvalue weighted by Gasteiger charge is 2.34. The highest BCUT2D eigenvalue weighted by Crippen LogP contribution is 2.37. The number of nitrogens with two attached hydrogens (primary N) is 1. The summed E-state index contributed by atoms with van der Waals surface area (Å²) in [6.07, 6.45) is 1.51. The van der Waals surface area contributed by atoms with E-state index in [1.807, 2.05) is 69.3 Å². The first-order chi connectivity index (χ1) is 25.0. The molecular formula is C37H47I4N5O7. The Balaban J connectivity index is 1.15. The number of carboxylic acids is 1. The molecule has 16 heteroatoms. The second-order valence-corrected chi connectivity index (χ2v) is 18.2. The Morgan fingerprint density at radius 2 is 1.47 bits per heavy atom. The molecule has 1 atom stereocenters. The summed E-state index contributed by atoms with van der Waals surface area (Å²) in [7, 11) is 0. The van der Waals surface area contributed by atoms with Gasteiger partial charge in [0.05, 0.1) is 46.1 Å². The summed E-state index contributed by atoms with van der Waals surface area (Å²) in [5.41, 5.74) is 5.54. The maximum atomic E-state index is 11.3. The first-order valence-electron chi connectivity index (χ1n) is 17.1. The molecule has 12 nitrogen and oxygen atoms in total. The van der Waals surface area contributed by atoms with Gasteiger partial charge in [0.1, 0.15) is 23.0 Å². The maximum Gasteiger partial charge on any atom is 0.307 e. The van der Waals surface area contributed by atoms with Crippen molar-refractivity contribution >= 4 is 102 Å². The third-order valence-corrected chi connectivity index (χ3v) is 11.8. The molecule has 53 heavy (non-hydrogen) atoms. The van der Waals surface area contributed by atoms with Crippen molar-refractivity contribution in [3.8, 4) is 23.0 Å². The molecule has 0 spiro atoms. The van der Waals surface area contributed by atoms with E-state index in [-0.39, 0.29) is 19.0 Å². The molecule has 0 aromatic heterocycles. The zero-order valence-electron chi connectivity index (χ0n) is 30.0. The van der Waals surface area contributed by atoms with E-state index in [1.165, 1.54) is 0 Å². The average Bonchev–Trinajstić information content (AvgIpc) is 3.08. The van der Waals surface area contributed by atoms with Gasteiger partial charge in [0.25, 0.3) is 0 Å². The van der Waals surface area contributed by atoms with Crippen molar-refractivity contribution in [2.45, 2.75) is 57.9 Å². The summed E-state index contributed by atoms with van der Waals surface area (Å²) in [4.78, 5) is 15.6. The van der Waals surface area contributed by atoms with Gasteiger partial charge >= 0.3 is 5.97 Å². The Morgan fingerprint density at radius 1 is 0.868 bits per heavy atom. The van der Waals surface area contributed by atoms with Crippen LogP contribution in [0.1, 0.15) is 44.7 Å². The average molecular weight is 1180 g/mol. The molecule has 1 fully saturated rings. The molecule has 0 radical (unpaired) electrons. The number of ether oxygens (including phenoxy) is 4. The second-order valence-electron chi connectivity index (χ2n) is 13.6. The lowest BCUT2D eigenvalue weighted by molar-refractivity contribution is -0.179. The maximum absolute atomic E-state index is 11.3. The van der Waals surface area contributed by atoms with Gasteiger partial charge in [-0.3, -0.25) is 15.1 Å². The van der Waals surface area contributed by atoms with Crippen molar-refractivity contribution in [1.29, 1.82) is 5.41 Å². The number of aliphatic hydroxyl groups is 1. The number of benzene rings is 3. The predicted molar refractivity (Wildman–Crippen MR) is 239 cm³/mol. The van der Waals surface area contributed by atoms with E-state index in [2.05, 4.69) is 105 Å². The molecule has 6 N–H and O–H groups in total. The molecule has 1 heterocycles. The van der Waals surface area contributed by atoms with Crippen molar-refractivity contribution in [3.63, 3.8) is 0 Å². The predicted octanol–water partition coefficient (Wildman–Crippen LogP) is 6.87. The van der Waals surface area contributed by atoms with Crippen molar-refractivity contribution < 1.29 is 34.0 Å². The number of guanidine groups is 1. The number of nitrogens with zero attached hydrogens (tertiary/aromatic N) is 2. The Bertz CT molecular complexity index is 1660. The molecule has 4 rings (SSSR count). The molecular weight excluding hydrogens is 1130 g/mol. The van der Waals surface area contributed by atoms with E-state index < -0.39 is 17.3 Å². The van der Waals surface area contributed by atoms with E-state index in [4.69, 9.17) is 35.2 Å².